The standard InChI is InChI=1S/C11H8INO3/c1-5-2-6(12)3-7-9(5)13-4-8(10(7)14)11(15)16/h2-4H,1H3,(H,13,14)(H,15,16). The van der Waals surface area contributed by atoms with Crippen LogP contribution in [-0.2, 0) is 0 Å². The third kappa shape index (κ3) is 1.71. The molecule has 16 heavy (non-hydrogen) atoms. The van der Waals surface area contributed by atoms with Crippen molar-refractivity contribution in [2.75, 3.05) is 0 Å². The van der Waals surface area contributed by atoms with E-state index in [0.29, 0.717) is 10.9 Å². The maximum absolute atomic E-state index is 11.9. The summed E-state index contributed by atoms with van der Waals surface area (Å²) < 4.78 is 0.913. The Morgan fingerprint density at radius 2 is 2.12 bits per heavy atom. The number of halogens is 1. The minimum absolute atomic E-state index is 0.228. The lowest BCUT2D eigenvalue weighted by Crippen LogP contribution is -2.15. The fourth-order valence-corrected chi connectivity index (χ4v) is 2.41. The predicted molar refractivity (Wildman–Crippen MR) is 69.0 cm³/mol. The molecule has 0 aliphatic heterocycles. The lowest BCUT2D eigenvalue weighted by molar-refractivity contribution is 0.0695. The summed E-state index contributed by atoms with van der Waals surface area (Å²) in [6.45, 7) is 1.88. The second-order valence-corrected chi connectivity index (χ2v) is 4.73. The van der Waals surface area contributed by atoms with Crippen molar-refractivity contribution < 1.29 is 9.90 Å². The molecule has 1 aromatic carbocycles. The summed E-state index contributed by atoms with van der Waals surface area (Å²) in [6, 6.07) is 3.62. The molecule has 0 bridgehead atoms. The minimum atomic E-state index is -1.21. The van der Waals surface area contributed by atoms with Gasteiger partial charge in [0.1, 0.15) is 5.56 Å². The fourth-order valence-electron chi connectivity index (χ4n) is 1.63. The Morgan fingerprint density at radius 3 is 2.75 bits per heavy atom. The van der Waals surface area contributed by atoms with E-state index < -0.39 is 11.4 Å². The van der Waals surface area contributed by atoms with Gasteiger partial charge >= 0.3 is 5.97 Å². The first-order chi connectivity index (χ1) is 7.50. The molecule has 0 radical (unpaired) electrons. The molecule has 0 spiro atoms. The van der Waals surface area contributed by atoms with E-state index in [1.165, 1.54) is 6.20 Å². The maximum Gasteiger partial charge on any atom is 0.341 e. The second-order valence-electron chi connectivity index (χ2n) is 3.48. The highest BCUT2D eigenvalue weighted by molar-refractivity contribution is 14.1. The molecule has 0 saturated carbocycles. The summed E-state index contributed by atoms with van der Waals surface area (Å²) in [5.74, 6) is -1.21. The Hall–Kier alpha value is -1.37. The molecule has 0 fully saturated rings. The smallest absolute Gasteiger partial charge is 0.341 e. The molecule has 2 rings (SSSR count). The number of nitrogens with one attached hydrogen (secondary N) is 1. The molecular weight excluding hydrogens is 321 g/mol. The second kappa shape index (κ2) is 3.89. The van der Waals surface area contributed by atoms with Gasteiger partial charge in [-0.15, -0.1) is 0 Å². The number of aromatic carboxylic acids is 1. The number of fused-ring (bicyclic) bond motifs is 1. The first kappa shape index (κ1) is 11.1. The average Bonchev–Trinajstić information content (AvgIpc) is 2.19. The van der Waals surface area contributed by atoms with Gasteiger partial charge in [0, 0.05) is 15.2 Å². The zero-order valence-electron chi connectivity index (χ0n) is 8.37. The Kier molecular flexibility index (Phi) is 2.71. The molecular formula is C11H8INO3. The first-order valence-electron chi connectivity index (χ1n) is 4.55. The van der Waals surface area contributed by atoms with E-state index in [9.17, 15) is 9.59 Å². The van der Waals surface area contributed by atoms with Gasteiger partial charge in [0.15, 0.2) is 0 Å². The third-order valence-corrected chi connectivity index (χ3v) is 3.00. The van der Waals surface area contributed by atoms with E-state index in [-0.39, 0.29) is 5.56 Å². The summed E-state index contributed by atoms with van der Waals surface area (Å²) in [6.07, 6.45) is 1.24. The highest BCUT2D eigenvalue weighted by Gasteiger charge is 2.12. The van der Waals surface area contributed by atoms with Crippen LogP contribution >= 0.6 is 22.6 Å². The summed E-state index contributed by atoms with van der Waals surface area (Å²) in [4.78, 5) is 25.5. The van der Waals surface area contributed by atoms with E-state index in [2.05, 4.69) is 27.6 Å². The first-order valence-corrected chi connectivity index (χ1v) is 5.63. The van der Waals surface area contributed by atoms with Gasteiger partial charge in [-0.3, -0.25) is 4.79 Å². The molecule has 1 aromatic heterocycles. The molecule has 5 heteroatoms. The van der Waals surface area contributed by atoms with Gasteiger partial charge in [0.05, 0.1) is 5.52 Å². The van der Waals surface area contributed by atoms with Crippen molar-refractivity contribution in [3.8, 4) is 0 Å². The van der Waals surface area contributed by atoms with E-state index >= 15 is 0 Å². The average molecular weight is 329 g/mol. The van der Waals surface area contributed by atoms with Gasteiger partial charge in [-0.25, -0.2) is 4.79 Å². The third-order valence-electron chi connectivity index (χ3n) is 2.38. The number of aryl methyl sites for hydroxylation is 1. The summed E-state index contributed by atoms with van der Waals surface area (Å²) >= 11 is 2.10. The van der Waals surface area contributed by atoms with Gasteiger partial charge in [0.25, 0.3) is 0 Å². The number of aromatic amines is 1. The normalized spacial score (nSPS) is 10.6. The van der Waals surface area contributed by atoms with Crippen molar-refractivity contribution in [2.24, 2.45) is 0 Å². The zero-order valence-corrected chi connectivity index (χ0v) is 10.5. The van der Waals surface area contributed by atoms with Crippen LogP contribution < -0.4 is 5.43 Å². The van der Waals surface area contributed by atoms with Gasteiger partial charge < -0.3 is 10.1 Å². The SMILES string of the molecule is Cc1cc(I)cc2c(=O)c(C(=O)O)c[nH]c12. The van der Waals surface area contributed by atoms with Crippen molar-refractivity contribution in [3.05, 3.63) is 43.2 Å². The van der Waals surface area contributed by atoms with Crippen LogP contribution in [0.3, 0.4) is 0 Å². The molecule has 0 unspecified atom stereocenters. The van der Waals surface area contributed by atoms with Gasteiger partial charge in [-0.1, -0.05) is 0 Å². The number of hydrogen-bond donors (Lipinski definition) is 2. The van der Waals surface area contributed by atoms with Gasteiger partial charge in [-0.05, 0) is 47.2 Å². The van der Waals surface area contributed by atoms with Crippen LogP contribution in [0, 0.1) is 10.5 Å². The Bertz CT molecular complexity index is 645. The van der Waals surface area contributed by atoms with Crippen LogP contribution in [0.5, 0.6) is 0 Å². The summed E-state index contributed by atoms with van der Waals surface area (Å²) in [5.41, 5.74) is 0.947. The number of carboxylic acids is 1. The van der Waals surface area contributed by atoms with Crippen LogP contribution in [0.15, 0.2) is 23.1 Å². The van der Waals surface area contributed by atoms with Crippen molar-refractivity contribution >= 4 is 39.5 Å². The van der Waals surface area contributed by atoms with E-state index in [1.54, 1.807) is 6.07 Å². The minimum Gasteiger partial charge on any atom is -0.477 e. The molecule has 0 aliphatic carbocycles. The number of pyridine rings is 1. The number of hydrogen-bond acceptors (Lipinski definition) is 2. The number of carboxylic acid groups (broad SMARTS) is 1. The number of carbonyl (C=O) groups is 1. The zero-order chi connectivity index (χ0) is 11.9. The van der Waals surface area contributed by atoms with Crippen molar-refractivity contribution in [1.82, 2.24) is 4.98 Å². The van der Waals surface area contributed by atoms with Gasteiger partial charge in [0.2, 0.25) is 5.43 Å². The predicted octanol–water partition coefficient (Wildman–Crippen LogP) is 2.14. The van der Waals surface area contributed by atoms with Crippen LogP contribution in [0.25, 0.3) is 10.9 Å². The molecule has 4 nitrogen and oxygen atoms in total. The van der Waals surface area contributed by atoms with Crippen molar-refractivity contribution in [2.45, 2.75) is 6.92 Å². The molecule has 0 aliphatic rings. The van der Waals surface area contributed by atoms with Crippen LogP contribution in [-0.4, -0.2) is 16.1 Å². The van der Waals surface area contributed by atoms with Crippen molar-refractivity contribution in [1.29, 1.82) is 0 Å². The molecule has 0 atom stereocenters. The van der Waals surface area contributed by atoms with E-state index in [1.807, 2.05) is 13.0 Å². The molecule has 1 heterocycles. The monoisotopic (exact) mass is 329 g/mol. The maximum atomic E-state index is 11.9. The Morgan fingerprint density at radius 1 is 1.44 bits per heavy atom. The molecule has 2 N–H and O–H groups in total. The van der Waals surface area contributed by atoms with Crippen LogP contribution in [0.1, 0.15) is 15.9 Å². The molecule has 82 valence electrons. The largest absolute Gasteiger partial charge is 0.477 e. The number of aromatic nitrogens is 1. The quantitative estimate of drug-likeness (QED) is 0.788. The number of rotatable bonds is 1. The molecule has 2 aromatic rings. The van der Waals surface area contributed by atoms with E-state index in [0.717, 1.165) is 9.13 Å². The summed E-state index contributed by atoms with van der Waals surface area (Å²) in [7, 11) is 0. The Labute approximate surface area is 104 Å². The van der Waals surface area contributed by atoms with Crippen LogP contribution in [0.2, 0.25) is 0 Å². The van der Waals surface area contributed by atoms with E-state index in [4.69, 9.17) is 5.11 Å². The highest BCUT2D eigenvalue weighted by atomic mass is 127. The lowest BCUT2D eigenvalue weighted by atomic mass is 10.1. The Balaban J connectivity index is 2.95. The van der Waals surface area contributed by atoms with Gasteiger partial charge in [-0.2, -0.15) is 0 Å². The number of H-pyrrole nitrogens is 1. The lowest BCUT2D eigenvalue weighted by Gasteiger charge is -2.04. The molecule has 0 amide bonds. The van der Waals surface area contributed by atoms with Crippen molar-refractivity contribution in [3.63, 3.8) is 0 Å². The number of benzene rings is 1. The highest BCUT2D eigenvalue weighted by Crippen LogP contribution is 2.17. The van der Waals surface area contributed by atoms with Crippen LogP contribution in [0.4, 0.5) is 0 Å². The fraction of sp³-hybridized carbons (Fsp3) is 0.0909. The topological polar surface area (TPSA) is 70.2 Å². The molecule has 0 saturated heterocycles. The summed E-state index contributed by atoms with van der Waals surface area (Å²) in [5, 5.41) is 9.26.